The Morgan fingerprint density at radius 2 is 1.80 bits per heavy atom. The lowest BCUT2D eigenvalue weighted by Crippen LogP contribution is -2.38. The van der Waals surface area contributed by atoms with E-state index in [2.05, 4.69) is 11.0 Å². The highest BCUT2D eigenvalue weighted by Gasteiger charge is 2.36. The number of carbonyl (C=O) groups is 3. The number of nitrogens with zero attached hydrogens (tertiary/aromatic N) is 2. The molecule has 0 radical (unpaired) electrons. The Morgan fingerprint density at radius 3 is 2.55 bits per heavy atom. The number of methoxy groups -OCH3 is 1. The van der Waals surface area contributed by atoms with Crippen LogP contribution in [0.25, 0.3) is 0 Å². The number of amides is 2. The molecule has 2 aromatic rings. The second-order valence-corrected chi connectivity index (χ2v) is 11.5. The van der Waals surface area contributed by atoms with Gasteiger partial charge in [-0.25, -0.2) is 0 Å². The molecule has 3 aliphatic rings. The molecule has 214 valence electrons. The third kappa shape index (κ3) is 6.28. The number of carbonyl (C=O) groups excluding carboxylic acids is 2. The van der Waals surface area contributed by atoms with Crippen LogP contribution < -0.4 is 9.47 Å². The van der Waals surface area contributed by atoms with E-state index in [0.29, 0.717) is 24.6 Å². The fourth-order valence-electron chi connectivity index (χ4n) is 6.58. The molecule has 8 nitrogen and oxygen atoms in total. The Kier molecular flexibility index (Phi) is 8.96. The standard InChI is InChI=1S/C31H37ClN2O6/c1-39-28-16-20(6-11-27(28)40-15-14-34-29(35)12-13-30(34)36)18-33(19-22-4-2-3-5-25(22)31(37)38)26-10-7-21-17-23(32)8-9-24(21)26/h6,8-9,11,16-17,22,25-26H,2-5,7,10,12-15,18-19H2,1H3,(H,37,38). The summed E-state index contributed by atoms with van der Waals surface area (Å²) in [7, 11) is 1.59. The quantitative estimate of drug-likeness (QED) is 0.369. The van der Waals surface area contributed by atoms with E-state index in [-0.39, 0.29) is 55.7 Å². The maximum Gasteiger partial charge on any atom is 0.306 e. The van der Waals surface area contributed by atoms with Crippen LogP contribution >= 0.6 is 11.6 Å². The minimum Gasteiger partial charge on any atom is -0.493 e. The number of carboxylic acids is 1. The number of fused-ring (bicyclic) bond motifs is 1. The third-order valence-corrected chi connectivity index (χ3v) is 8.86. The van der Waals surface area contributed by atoms with Crippen LogP contribution in [-0.4, -0.2) is 59.5 Å². The van der Waals surface area contributed by atoms with E-state index in [4.69, 9.17) is 21.1 Å². The van der Waals surface area contributed by atoms with E-state index in [1.54, 1.807) is 7.11 Å². The summed E-state index contributed by atoms with van der Waals surface area (Å²) in [6.45, 7) is 1.76. The molecule has 40 heavy (non-hydrogen) atoms. The SMILES string of the molecule is COc1cc(CN(CC2CCCCC2C(=O)O)C2CCc3cc(Cl)ccc32)ccc1OCCN1C(=O)CCC1=O. The monoisotopic (exact) mass is 568 g/mol. The van der Waals surface area contributed by atoms with Gasteiger partial charge in [0.1, 0.15) is 6.61 Å². The van der Waals surface area contributed by atoms with Crippen molar-refractivity contribution in [2.24, 2.45) is 11.8 Å². The molecule has 2 fully saturated rings. The van der Waals surface area contributed by atoms with Gasteiger partial charge in [0.25, 0.3) is 0 Å². The van der Waals surface area contributed by atoms with Gasteiger partial charge in [0.05, 0.1) is 19.6 Å². The molecule has 9 heteroatoms. The van der Waals surface area contributed by atoms with Gasteiger partial charge in [-0.15, -0.1) is 0 Å². The molecule has 0 aromatic heterocycles. The highest BCUT2D eigenvalue weighted by Crippen LogP contribution is 2.41. The lowest BCUT2D eigenvalue weighted by Gasteiger charge is -2.37. The minimum absolute atomic E-state index is 0.100. The Labute approximate surface area is 240 Å². The van der Waals surface area contributed by atoms with Crippen molar-refractivity contribution in [2.45, 2.75) is 64.0 Å². The van der Waals surface area contributed by atoms with Crippen LogP contribution in [0.4, 0.5) is 0 Å². The molecule has 1 aliphatic heterocycles. The summed E-state index contributed by atoms with van der Waals surface area (Å²) in [6.07, 6.45) is 6.13. The first-order valence-corrected chi connectivity index (χ1v) is 14.6. The average Bonchev–Trinajstić information content (AvgIpc) is 3.51. The predicted molar refractivity (Wildman–Crippen MR) is 150 cm³/mol. The number of hydrogen-bond donors (Lipinski definition) is 1. The zero-order chi connectivity index (χ0) is 28.2. The summed E-state index contributed by atoms with van der Waals surface area (Å²) in [5, 5.41) is 10.7. The normalized spacial score (nSPS) is 22.6. The summed E-state index contributed by atoms with van der Waals surface area (Å²) in [5.74, 6) is -0.0919. The molecular formula is C31H37ClN2O6. The Hall–Kier alpha value is -3.10. The van der Waals surface area contributed by atoms with Gasteiger partial charge in [0, 0.05) is 37.0 Å². The summed E-state index contributed by atoms with van der Waals surface area (Å²) < 4.78 is 11.5. The van der Waals surface area contributed by atoms with Gasteiger partial charge >= 0.3 is 5.97 Å². The van der Waals surface area contributed by atoms with Crippen molar-refractivity contribution in [3.05, 3.63) is 58.1 Å². The Balaban J connectivity index is 1.33. The summed E-state index contributed by atoms with van der Waals surface area (Å²) in [6, 6.07) is 12.1. The highest BCUT2D eigenvalue weighted by atomic mass is 35.5. The zero-order valence-corrected chi connectivity index (χ0v) is 23.7. The lowest BCUT2D eigenvalue weighted by atomic mass is 9.78. The van der Waals surface area contributed by atoms with Gasteiger partial charge in [0.2, 0.25) is 11.8 Å². The Morgan fingerprint density at radius 1 is 1.02 bits per heavy atom. The van der Waals surface area contributed by atoms with Crippen molar-refractivity contribution in [2.75, 3.05) is 26.8 Å². The first kappa shape index (κ1) is 28.4. The highest BCUT2D eigenvalue weighted by molar-refractivity contribution is 6.30. The van der Waals surface area contributed by atoms with E-state index in [1.165, 1.54) is 16.0 Å². The predicted octanol–water partition coefficient (Wildman–Crippen LogP) is 5.26. The second-order valence-electron chi connectivity index (χ2n) is 11.1. The molecule has 0 spiro atoms. The molecule has 3 unspecified atom stereocenters. The smallest absolute Gasteiger partial charge is 0.306 e. The molecule has 1 N–H and O–H groups in total. The van der Waals surface area contributed by atoms with Crippen molar-refractivity contribution in [3.8, 4) is 11.5 Å². The van der Waals surface area contributed by atoms with Crippen LogP contribution in [0.1, 0.15) is 67.7 Å². The number of imide groups is 1. The largest absolute Gasteiger partial charge is 0.493 e. The number of halogens is 1. The molecule has 2 aliphatic carbocycles. The van der Waals surface area contributed by atoms with Crippen LogP contribution in [0.5, 0.6) is 11.5 Å². The Bertz CT molecular complexity index is 1250. The van der Waals surface area contributed by atoms with Gasteiger partial charge in [-0.2, -0.15) is 0 Å². The van der Waals surface area contributed by atoms with E-state index in [9.17, 15) is 19.5 Å². The fourth-order valence-corrected chi connectivity index (χ4v) is 6.78. The summed E-state index contributed by atoms with van der Waals surface area (Å²) in [4.78, 5) is 39.5. The second kappa shape index (κ2) is 12.6. The van der Waals surface area contributed by atoms with Crippen molar-refractivity contribution in [3.63, 3.8) is 0 Å². The number of aliphatic carboxylic acids is 1. The van der Waals surface area contributed by atoms with Crippen LogP contribution in [0.2, 0.25) is 5.02 Å². The fraction of sp³-hybridized carbons (Fsp3) is 0.516. The number of likely N-dealkylation sites (tertiary alicyclic amines) is 1. The van der Waals surface area contributed by atoms with Crippen molar-refractivity contribution in [1.82, 2.24) is 9.80 Å². The number of benzene rings is 2. The number of ether oxygens (including phenoxy) is 2. The van der Waals surface area contributed by atoms with Gasteiger partial charge < -0.3 is 14.6 Å². The number of aryl methyl sites for hydroxylation is 1. The summed E-state index contributed by atoms with van der Waals surface area (Å²) >= 11 is 6.28. The molecule has 3 atom stereocenters. The molecule has 1 heterocycles. The topological polar surface area (TPSA) is 96.4 Å². The maximum atomic E-state index is 12.1. The maximum absolute atomic E-state index is 12.1. The lowest BCUT2D eigenvalue weighted by molar-refractivity contribution is -0.145. The first-order chi connectivity index (χ1) is 19.3. The minimum atomic E-state index is -0.691. The van der Waals surface area contributed by atoms with Crippen LogP contribution in [0, 0.1) is 11.8 Å². The molecule has 1 saturated carbocycles. The van der Waals surface area contributed by atoms with Gasteiger partial charge in [-0.1, -0.05) is 36.6 Å². The third-order valence-electron chi connectivity index (χ3n) is 8.63. The molecule has 0 bridgehead atoms. The zero-order valence-electron chi connectivity index (χ0n) is 22.9. The average molecular weight is 569 g/mol. The van der Waals surface area contributed by atoms with Crippen molar-refractivity contribution in [1.29, 1.82) is 0 Å². The molecule has 1 saturated heterocycles. The van der Waals surface area contributed by atoms with Gasteiger partial charge in [-0.3, -0.25) is 24.2 Å². The van der Waals surface area contributed by atoms with Gasteiger partial charge in [-0.05, 0) is 72.6 Å². The van der Waals surface area contributed by atoms with Crippen molar-refractivity contribution < 1.29 is 29.0 Å². The van der Waals surface area contributed by atoms with E-state index in [0.717, 1.165) is 49.1 Å². The number of rotatable bonds is 11. The first-order valence-electron chi connectivity index (χ1n) is 14.2. The van der Waals surface area contributed by atoms with Crippen LogP contribution in [0.15, 0.2) is 36.4 Å². The van der Waals surface area contributed by atoms with Crippen LogP contribution in [-0.2, 0) is 27.3 Å². The molecule has 5 rings (SSSR count). The van der Waals surface area contributed by atoms with E-state index >= 15 is 0 Å². The number of carboxylic acid groups (broad SMARTS) is 1. The molecular weight excluding hydrogens is 532 g/mol. The molecule has 2 aromatic carbocycles. The van der Waals surface area contributed by atoms with E-state index in [1.807, 2.05) is 30.3 Å². The summed E-state index contributed by atoms with van der Waals surface area (Å²) in [5.41, 5.74) is 3.57. The van der Waals surface area contributed by atoms with Gasteiger partial charge in [0.15, 0.2) is 11.5 Å². The van der Waals surface area contributed by atoms with E-state index < -0.39 is 5.97 Å². The molecule has 2 amide bonds. The van der Waals surface area contributed by atoms with Crippen molar-refractivity contribution >= 4 is 29.4 Å². The van der Waals surface area contributed by atoms with Crippen LogP contribution in [0.3, 0.4) is 0 Å². The number of hydrogen-bond acceptors (Lipinski definition) is 6.